The second-order valence-corrected chi connectivity index (χ2v) is 8.19. The van der Waals surface area contributed by atoms with Gasteiger partial charge in [-0.2, -0.15) is 4.31 Å². The first-order valence-corrected chi connectivity index (χ1v) is 9.08. The monoisotopic (exact) mass is 344 g/mol. The van der Waals surface area contributed by atoms with Crippen molar-refractivity contribution >= 4 is 38.6 Å². The zero-order chi connectivity index (χ0) is 15.6. The molecule has 0 spiro atoms. The number of benzene rings is 1. The van der Waals surface area contributed by atoms with Crippen molar-refractivity contribution in [2.45, 2.75) is 24.3 Å². The van der Waals surface area contributed by atoms with Gasteiger partial charge in [0, 0.05) is 18.0 Å². The first kappa shape index (κ1) is 16.3. The third kappa shape index (κ3) is 3.40. The van der Waals surface area contributed by atoms with Crippen molar-refractivity contribution in [2.24, 2.45) is 0 Å². The summed E-state index contributed by atoms with van der Waals surface area (Å²) >= 11 is 7.63. The number of hydrogen-bond acceptors (Lipinski definition) is 4. The van der Waals surface area contributed by atoms with Crippen molar-refractivity contribution in [1.29, 1.82) is 0 Å². The van der Waals surface area contributed by atoms with Crippen molar-refractivity contribution in [3.8, 4) is 0 Å². The van der Waals surface area contributed by atoms with Gasteiger partial charge in [-0.1, -0.05) is 23.7 Å². The molecule has 0 amide bonds. The summed E-state index contributed by atoms with van der Waals surface area (Å²) in [5, 5.41) is 2.12. The average molecular weight is 345 g/mol. The molecule has 0 saturated carbocycles. The van der Waals surface area contributed by atoms with Crippen LogP contribution in [0.1, 0.15) is 11.8 Å². The van der Waals surface area contributed by atoms with Gasteiger partial charge in [-0.25, -0.2) is 8.42 Å². The van der Waals surface area contributed by atoms with E-state index in [2.05, 4.69) is 0 Å². The number of anilines is 1. The molecule has 2 rings (SSSR count). The predicted molar refractivity (Wildman–Crippen MR) is 88.3 cm³/mol. The summed E-state index contributed by atoms with van der Waals surface area (Å²) in [6.07, 6.45) is 0.651. The topological polar surface area (TPSA) is 63.4 Å². The first-order chi connectivity index (χ1) is 9.84. The Labute approximate surface area is 134 Å². The lowest BCUT2D eigenvalue weighted by Crippen LogP contribution is -2.36. The van der Waals surface area contributed by atoms with E-state index in [1.54, 1.807) is 24.5 Å². The highest BCUT2D eigenvalue weighted by atomic mass is 35.5. The molecule has 2 N–H and O–H groups in total. The van der Waals surface area contributed by atoms with Gasteiger partial charge in [-0.3, -0.25) is 0 Å². The Morgan fingerprint density at radius 3 is 2.62 bits per heavy atom. The summed E-state index contributed by atoms with van der Waals surface area (Å²) in [4.78, 5) is 1.11. The van der Waals surface area contributed by atoms with Crippen molar-refractivity contribution in [2.75, 3.05) is 12.8 Å². The number of rotatable bonds is 5. The van der Waals surface area contributed by atoms with Crippen LogP contribution in [-0.2, 0) is 16.4 Å². The summed E-state index contributed by atoms with van der Waals surface area (Å²) in [6.45, 7) is 1.87. The normalized spacial score (nSPS) is 13.5. The summed E-state index contributed by atoms with van der Waals surface area (Å²) in [6, 6.07) is 8.45. The second-order valence-electron chi connectivity index (χ2n) is 4.81. The Morgan fingerprint density at radius 2 is 2.05 bits per heavy atom. The van der Waals surface area contributed by atoms with Crippen LogP contribution in [-0.4, -0.2) is 25.8 Å². The van der Waals surface area contributed by atoms with Crippen LogP contribution in [0.4, 0.5) is 5.69 Å². The van der Waals surface area contributed by atoms with Gasteiger partial charge in [0.15, 0.2) is 0 Å². The quantitative estimate of drug-likeness (QED) is 0.847. The highest BCUT2D eigenvalue weighted by Gasteiger charge is 2.29. The Balaban J connectivity index is 2.30. The third-order valence-corrected chi connectivity index (χ3v) is 6.75. The Hall–Kier alpha value is -1.08. The van der Waals surface area contributed by atoms with Crippen LogP contribution in [0.5, 0.6) is 0 Å². The van der Waals surface area contributed by atoms with Crippen LogP contribution in [0, 0.1) is 0 Å². The standard InChI is InChI=1S/C14H17ClN2O2S2/c1-10(9-11-5-4-8-20-11)17(2)21(18,19)14-12(15)6-3-7-13(14)16/h3-8,10H,9,16H2,1-2H3. The molecule has 0 aliphatic carbocycles. The minimum Gasteiger partial charge on any atom is -0.398 e. The molecule has 0 aliphatic heterocycles. The molecule has 7 heteroatoms. The van der Waals surface area contributed by atoms with Crippen molar-refractivity contribution < 1.29 is 8.42 Å². The fourth-order valence-electron chi connectivity index (χ4n) is 2.03. The van der Waals surface area contributed by atoms with Gasteiger partial charge in [0.1, 0.15) is 4.90 Å². The maximum Gasteiger partial charge on any atom is 0.246 e. The number of sulfonamides is 1. The van der Waals surface area contributed by atoms with E-state index in [9.17, 15) is 8.42 Å². The van der Waals surface area contributed by atoms with E-state index in [1.807, 2.05) is 24.4 Å². The van der Waals surface area contributed by atoms with Gasteiger partial charge >= 0.3 is 0 Å². The molecule has 0 aliphatic rings. The van der Waals surface area contributed by atoms with Crippen molar-refractivity contribution in [3.05, 3.63) is 45.6 Å². The van der Waals surface area contributed by atoms with Crippen LogP contribution in [0.2, 0.25) is 5.02 Å². The largest absolute Gasteiger partial charge is 0.398 e. The molecular weight excluding hydrogens is 328 g/mol. The molecule has 0 fully saturated rings. The molecule has 1 aromatic carbocycles. The number of likely N-dealkylation sites (N-methyl/N-ethyl adjacent to an activating group) is 1. The maximum absolute atomic E-state index is 12.7. The van der Waals surface area contributed by atoms with Crippen LogP contribution in [0.3, 0.4) is 0 Å². The third-order valence-electron chi connectivity index (χ3n) is 3.33. The SMILES string of the molecule is CC(Cc1cccs1)N(C)S(=O)(=O)c1c(N)cccc1Cl. The van der Waals surface area contributed by atoms with E-state index in [0.717, 1.165) is 4.88 Å². The molecule has 1 heterocycles. The van der Waals surface area contributed by atoms with Crippen LogP contribution in [0.15, 0.2) is 40.6 Å². The lowest BCUT2D eigenvalue weighted by molar-refractivity contribution is 0.388. The van der Waals surface area contributed by atoms with Crippen molar-refractivity contribution in [3.63, 3.8) is 0 Å². The minimum atomic E-state index is -3.72. The number of nitrogen functional groups attached to an aromatic ring is 1. The number of halogens is 1. The second kappa shape index (κ2) is 6.36. The molecule has 0 bridgehead atoms. The zero-order valence-electron chi connectivity index (χ0n) is 11.8. The molecule has 0 radical (unpaired) electrons. The summed E-state index contributed by atoms with van der Waals surface area (Å²) in [5.41, 5.74) is 5.96. The number of hydrogen-bond donors (Lipinski definition) is 1. The van der Waals surface area contributed by atoms with E-state index < -0.39 is 10.0 Å². The molecule has 2 aromatic rings. The summed E-state index contributed by atoms with van der Waals surface area (Å²) < 4.78 is 26.7. The fraction of sp³-hybridized carbons (Fsp3) is 0.286. The fourth-order valence-corrected chi connectivity index (χ4v) is 4.84. The maximum atomic E-state index is 12.7. The molecule has 21 heavy (non-hydrogen) atoms. The predicted octanol–water partition coefficient (Wildman–Crippen LogP) is 3.24. The van der Waals surface area contributed by atoms with Gasteiger partial charge in [0.2, 0.25) is 10.0 Å². The van der Waals surface area contributed by atoms with Gasteiger partial charge in [0.25, 0.3) is 0 Å². The van der Waals surface area contributed by atoms with Gasteiger partial charge < -0.3 is 5.73 Å². The molecule has 1 unspecified atom stereocenters. The lowest BCUT2D eigenvalue weighted by atomic mass is 10.2. The summed E-state index contributed by atoms with van der Waals surface area (Å²) in [7, 11) is -2.17. The van der Waals surface area contributed by atoms with Gasteiger partial charge in [0.05, 0.1) is 10.7 Å². The lowest BCUT2D eigenvalue weighted by Gasteiger charge is -2.25. The Kier molecular flexibility index (Phi) is 4.93. The van der Waals surface area contributed by atoms with E-state index in [4.69, 9.17) is 17.3 Å². The van der Waals surface area contributed by atoms with E-state index in [0.29, 0.717) is 6.42 Å². The van der Waals surface area contributed by atoms with E-state index in [-0.39, 0.29) is 21.6 Å². The van der Waals surface area contributed by atoms with Gasteiger partial charge in [-0.15, -0.1) is 11.3 Å². The van der Waals surface area contributed by atoms with Gasteiger partial charge in [-0.05, 0) is 36.9 Å². The molecule has 1 atom stereocenters. The van der Waals surface area contributed by atoms with Crippen molar-refractivity contribution in [1.82, 2.24) is 4.31 Å². The smallest absolute Gasteiger partial charge is 0.246 e. The van der Waals surface area contributed by atoms with Crippen LogP contribution in [0.25, 0.3) is 0 Å². The van der Waals surface area contributed by atoms with Crippen LogP contribution >= 0.6 is 22.9 Å². The first-order valence-electron chi connectivity index (χ1n) is 6.38. The molecule has 114 valence electrons. The zero-order valence-corrected chi connectivity index (χ0v) is 14.2. The number of thiophene rings is 1. The highest BCUT2D eigenvalue weighted by molar-refractivity contribution is 7.89. The number of nitrogens with zero attached hydrogens (tertiary/aromatic N) is 1. The Morgan fingerprint density at radius 1 is 1.33 bits per heavy atom. The number of nitrogens with two attached hydrogens (primary N) is 1. The molecule has 0 saturated heterocycles. The average Bonchev–Trinajstić information content (AvgIpc) is 2.90. The minimum absolute atomic E-state index is 0.0211. The van der Waals surface area contributed by atoms with Crippen LogP contribution < -0.4 is 5.73 Å². The molecule has 1 aromatic heterocycles. The summed E-state index contributed by atoms with van der Waals surface area (Å²) in [5.74, 6) is 0. The molecule has 4 nitrogen and oxygen atoms in total. The molecular formula is C14H17ClN2O2S2. The van der Waals surface area contributed by atoms with E-state index in [1.165, 1.54) is 16.4 Å². The van der Waals surface area contributed by atoms with E-state index >= 15 is 0 Å². The Bertz CT molecular complexity index is 694. The highest BCUT2D eigenvalue weighted by Crippen LogP contribution is 2.30.